The number of nitrogens with zero attached hydrogens (tertiary/aromatic N) is 2. The fourth-order valence-corrected chi connectivity index (χ4v) is 3.26. The van der Waals surface area contributed by atoms with E-state index >= 15 is 0 Å². The van der Waals surface area contributed by atoms with Crippen molar-refractivity contribution in [1.82, 2.24) is 15.2 Å². The van der Waals surface area contributed by atoms with Crippen molar-refractivity contribution in [2.24, 2.45) is 0 Å². The number of ether oxygens (including phenoxy) is 1. The predicted octanol–water partition coefficient (Wildman–Crippen LogP) is 1.33. The van der Waals surface area contributed by atoms with Crippen LogP contribution in [0, 0.1) is 0 Å². The highest BCUT2D eigenvalue weighted by atomic mass is 16.5. The molecular weight excluding hydrogens is 344 g/mol. The Hall–Kier alpha value is -2.80. The summed E-state index contributed by atoms with van der Waals surface area (Å²) in [7, 11) is 1.70. The highest BCUT2D eigenvalue weighted by molar-refractivity contribution is 5.93. The average molecular weight is 370 g/mol. The highest BCUT2D eigenvalue weighted by Crippen LogP contribution is 2.28. The number of pyridine rings is 1. The summed E-state index contributed by atoms with van der Waals surface area (Å²) >= 11 is 0. The second-order valence-electron chi connectivity index (χ2n) is 6.55. The first-order valence-corrected chi connectivity index (χ1v) is 9.24. The third-order valence-corrected chi connectivity index (χ3v) is 4.78. The zero-order valence-corrected chi connectivity index (χ0v) is 15.6. The summed E-state index contributed by atoms with van der Waals surface area (Å²) in [4.78, 5) is 30.3. The van der Waals surface area contributed by atoms with E-state index in [1.54, 1.807) is 7.11 Å². The summed E-state index contributed by atoms with van der Waals surface area (Å²) < 4.78 is 5.46. The van der Waals surface area contributed by atoms with Gasteiger partial charge < -0.3 is 19.9 Å². The van der Waals surface area contributed by atoms with Gasteiger partial charge in [-0.05, 0) is 31.2 Å². The monoisotopic (exact) mass is 370 g/mol. The molecule has 0 saturated carbocycles. The number of amides is 1. The minimum absolute atomic E-state index is 0.160. The molecular formula is C20H26N4O3. The molecule has 1 aliphatic heterocycles. The Kier molecular flexibility index (Phi) is 6.49. The molecule has 7 heteroatoms. The largest absolute Gasteiger partial charge is 0.495 e. The molecule has 144 valence electrons. The van der Waals surface area contributed by atoms with Crippen molar-refractivity contribution < 1.29 is 9.53 Å². The van der Waals surface area contributed by atoms with E-state index in [1.807, 2.05) is 18.2 Å². The number of hydrogen-bond acceptors (Lipinski definition) is 5. The first-order valence-electron chi connectivity index (χ1n) is 9.24. The van der Waals surface area contributed by atoms with Crippen LogP contribution < -0.4 is 20.5 Å². The topological polar surface area (TPSA) is 77.7 Å². The molecule has 0 radical (unpaired) electrons. The van der Waals surface area contributed by atoms with Gasteiger partial charge in [-0.3, -0.25) is 14.5 Å². The van der Waals surface area contributed by atoms with Gasteiger partial charge in [0.05, 0.1) is 18.4 Å². The zero-order valence-electron chi connectivity index (χ0n) is 15.6. The second-order valence-corrected chi connectivity index (χ2v) is 6.55. The molecule has 2 aromatic rings. The van der Waals surface area contributed by atoms with Crippen molar-refractivity contribution in [3.05, 3.63) is 58.5 Å². The molecule has 2 N–H and O–H groups in total. The summed E-state index contributed by atoms with van der Waals surface area (Å²) in [6.07, 6.45) is 2.33. The number of para-hydroxylation sites is 2. The average Bonchev–Trinajstić information content (AvgIpc) is 2.72. The number of benzene rings is 1. The summed E-state index contributed by atoms with van der Waals surface area (Å²) in [5.74, 6) is 0.753. The molecule has 0 spiro atoms. The van der Waals surface area contributed by atoms with Crippen LogP contribution in [0.15, 0.2) is 47.4 Å². The number of carbonyl (C=O) groups is 1. The maximum atomic E-state index is 12.0. The van der Waals surface area contributed by atoms with Crippen LogP contribution in [0.4, 0.5) is 5.69 Å². The van der Waals surface area contributed by atoms with Crippen LogP contribution in [0.3, 0.4) is 0 Å². The predicted molar refractivity (Wildman–Crippen MR) is 106 cm³/mol. The van der Waals surface area contributed by atoms with Crippen molar-refractivity contribution in [2.45, 2.75) is 6.42 Å². The Bertz CT molecular complexity index is 792. The van der Waals surface area contributed by atoms with Crippen molar-refractivity contribution in [1.29, 1.82) is 0 Å². The summed E-state index contributed by atoms with van der Waals surface area (Å²) in [5.41, 5.74) is 1.41. The van der Waals surface area contributed by atoms with E-state index in [1.165, 1.54) is 18.3 Å². The van der Waals surface area contributed by atoms with Crippen molar-refractivity contribution in [3.8, 4) is 5.75 Å². The van der Waals surface area contributed by atoms with Crippen LogP contribution in [0.25, 0.3) is 0 Å². The number of hydrogen-bond donors (Lipinski definition) is 2. The van der Waals surface area contributed by atoms with Gasteiger partial charge in [0.2, 0.25) is 5.56 Å². The summed E-state index contributed by atoms with van der Waals surface area (Å²) in [6, 6.07) is 11.0. The van der Waals surface area contributed by atoms with Gasteiger partial charge in [-0.1, -0.05) is 12.1 Å². The van der Waals surface area contributed by atoms with Crippen molar-refractivity contribution >= 4 is 11.6 Å². The number of nitrogens with one attached hydrogen (secondary N) is 2. The second kappa shape index (κ2) is 9.23. The lowest BCUT2D eigenvalue weighted by Gasteiger charge is -2.36. The molecule has 3 rings (SSSR count). The minimum atomic E-state index is -0.209. The molecule has 1 aromatic heterocycles. The molecule has 1 fully saturated rings. The molecule has 1 aromatic carbocycles. The molecule has 27 heavy (non-hydrogen) atoms. The third kappa shape index (κ3) is 5.10. The smallest absolute Gasteiger partial charge is 0.252 e. The maximum absolute atomic E-state index is 12.0. The van der Waals surface area contributed by atoms with Crippen LogP contribution >= 0.6 is 0 Å². The fourth-order valence-electron chi connectivity index (χ4n) is 3.26. The Morgan fingerprint density at radius 2 is 1.93 bits per heavy atom. The maximum Gasteiger partial charge on any atom is 0.252 e. The van der Waals surface area contributed by atoms with E-state index < -0.39 is 0 Å². The van der Waals surface area contributed by atoms with Gasteiger partial charge in [-0.15, -0.1) is 0 Å². The van der Waals surface area contributed by atoms with Gasteiger partial charge in [0.15, 0.2) is 0 Å². The van der Waals surface area contributed by atoms with Gasteiger partial charge in [-0.2, -0.15) is 0 Å². The number of aromatic nitrogens is 1. The Morgan fingerprint density at radius 1 is 1.15 bits per heavy atom. The Balaban J connectivity index is 1.38. The Morgan fingerprint density at radius 3 is 2.63 bits per heavy atom. The van der Waals surface area contributed by atoms with E-state index in [9.17, 15) is 9.59 Å². The zero-order chi connectivity index (χ0) is 19.1. The quantitative estimate of drug-likeness (QED) is 0.719. The van der Waals surface area contributed by atoms with Crippen LogP contribution in [-0.2, 0) is 0 Å². The molecule has 1 amide bonds. The molecule has 1 aliphatic rings. The lowest BCUT2D eigenvalue weighted by Crippen LogP contribution is -2.47. The van der Waals surface area contributed by atoms with Gasteiger partial charge in [0, 0.05) is 45.0 Å². The van der Waals surface area contributed by atoms with Gasteiger partial charge in [0.25, 0.3) is 5.91 Å². The molecule has 0 bridgehead atoms. The van der Waals surface area contributed by atoms with E-state index in [2.05, 4.69) is 26.2 Å². The highest BCUT2D eigenvalue weighted by Gasteiger charge is 2.19. The normalized spacial score (nSPS) is 14.8. The van der Waals surface area contributed by atoms with Crippen LogP contribution in [-0.4, -0.2) is 62.2 Å². The number of H-pyrrole nitrogens is 1. The molecule has 0 unspecified atom stereocenters. The first-order chi connectivity index (χ1) is 13.2. The fraction of sp³-hybridized carbons (Fsp3) is 0.400. The van der Waals surface area contributed by atoms with Crippen LogP contribution in [0.2, 0.25) is 0 Å². The number of methoxy groups -OCH3 is 1. The first kappa shape index (κ1) is 19.0. The minimum Gasteiger partial charge on any atom is -0.495 e. The van der Waals surface area contributed by atoms with Crippen molar-refractivity contribution in [2.75, 3.05) is 51.3 Å². The lowest BCUT2D eigenvalue weighted by molar-refractivity contribution is 0.0951. The molecule has 7 nitrogen and oxygen atoms in total. The van der Waals surface area contributed by atoms with Crippen molar-refractivity contribution in [3.63, 3.8) is 0 Å². The number of carbonyl (C=O) groups excluding carboxylic acids is 1. The molecule has 1 saturated heterocycles. The molecule has 0 atom stereocenters. The lowest BCUT2D eigenvalue weighted by atomic mass is 10.2. The Labute approximate surface area is 158 Å². The van der Waals surface area contributed by atoms with E-state index in [4.69, 9.17) is 4.74 Å². The number of anilines is 1. The van der Waals surface area contributed by atoms with E-state index in [0.29, 0.717) is 12.1 Å². The SMILES string of the molecule is COc1ccccc1N1CCN(CCCNC(=O)c2ccc(=O)[nH]c2)CC1. The van der Waals surface area contributed by atoms with E-state index in [0.717, 1.165) is 50.6 Å². The third-order valence-electron chi connectivity index (χ3n) is 4.78. The van der Waals surface area contributed by atoms with E-state index in [-0.39, 0.29) is 11.5 Å². The number of piperazine rings is 1. The molecule has 0 aliphatic carbocycles. The standard InChI is InChI=1S/C20H26N4O3/c1-27-18-6-3-2-5-17(18)24-13-11-23(12-14-24)10-4-9-21-20(26)16-7-8-19(25)22-15-16/h2-3,5-8,15H,4,9-14H2,1H3,(H,21,26)(H,22,25). The van der Waals surface area contributed by atoms with Crippen LogP contribution in [0.5, 0.6) is 5.75 Å². The number of rotatable bonds is 7. The van der Waals surface area contributed by atoms with Crippen LogP contribution in [0.1, 0.15) is 16.8 Å². The van der Waals surface area contributed by atoms with Gasteiger partial charge in [0.1, 0.15) is 5.75 Å². The van der Waals surface area contributed by atoms with Gasteiger partial charge in [-0.25, -0.2) is 0 Å². The number of aromatic amines is 1. The summed E-state index contributed by atoms with van der Waals surface area (Å²) in [5, 5.41) is 2.89. The summed E-state index contributed by atoms with van der Waals surface area (Å²) in [6.45, 7) is 5.47. The van der Waals surface area contributed by atoms with Gasteiger partial charge >= 0.3 is 0 Å². The molecule has 2 heterocycles.